The number of alkyl halides is 2. The van der Waals surface area contributed by atoms with E-state index in [1.807, 2.05) is 26.0 Å². The Labute approximate surface area is 166 Å². The summed E-state index contributed by atoms with van der Waals surface area (Å²) >= 11 is 0. The number of amides is 1. The number of carbonyl (C=O) groups excluding carboxylic acids is 1. The molecule has 0 bridgehead atoms. The Hall–Kier alpha value is -3.36. The second-order valence-electron chi connectivity index (χ2n) is 6.69. The fourth-order valence-electron chi connectivity index (χ4n) is 3.40. The third-order valence-corrected chi connectivity index (χ3v) is 4.63. The molecule has 0 aromatic carbocycles. The molecule has 0 saturated carbocycles. The van der Waals surface area contributed by atoms with Crippen molar-refractivity contribution in [3.63, 3.8) is 0 Å². The molecule has 0 N–H and O–H groups in total. The lowest BCUT2D eigenvalue weighted by molar-refractivity contribution is 0.0996. The number of ether oxygens (including phenoxy) is 1. The number of hydrogen-bond donors (Lipinski definition) is 0. The van der Waals surface area contributed by atoms with Gasteiger partial charge in [-0.3, -0.25) is 24.3 Å². The summed E-state index contributed by atoms with van der Waals surface area (Å²) in [5.41, 5.74) is 3.91. The molecule has 0 radical (unpaired) electrons. The number of carbonyl (C=O) groups is 1. The molecule has 150 valence electrons. The maximum absolute atomic E-state index is 12.9. The molecule has 1 aliphatic heterocycles. The molecular formula is C20H19F2N5O2. The van der Waals surface area contributed by atoms with E-state index in [0.29, 0.717) is 35.0 Å². The highest BCUT2D eigenvalue weighted by atomic mass is 19.3. The van der Waals surface area contributed by atoms with Crippen molar-refractivity contribution in [2.45, 2.75) is 33.4 Å². The van der Waals surface area contributed by atoms with Crippen LogP contribution in [0.4, 0.5) is 14.5 Å². The van der Waals surface area contributed by atoms with Crippen LogP contribution in [0.2, 0.25) is 0 Å². The van der Waals surface area contributed by atoms with E-state index < -0.39 is 13.0 Å². The quantitative estimate of drug-likeness (QED) is 0.635. The van der Waals surface area contributed by atoms with Gasteiger partial charge in [0.2, 0.25) is 0 Å². The summed E-state index contributed by atoms with van der Waals surface area (Å²) < 4.78 is 31.8. The molecule has 0 spiro atoms. The molecule has 1 amide bonds. The topological polar surface area (TPSA) is 73.1 Å². The van der Waals surface area contributed by atoms with Gasteiger partial charge in [0.25, 0.3) is 12.3 Å². The van der Waals surface area contributed by atoms with E-state index in [0.717, 1.165) is 15.8 Å². The van der Waals surface area contributed by atoms with Gasteiger partial charge in [-0.25, -0.2) is 8.78 Å². The number of nitrogens with zero attached hydrogens (tertiary/aromatic N) is 5. The SMILES string of the molecule is CCOc1cncc(-c2cc(C)c3c(n2)CN(c2cnn(CC(F)F)c2)C3=O)c1. The van der Waals surface area contributed by atoms with Gasteiger partial charge >= 0.3 is 0 Å². The van der Waals surface area contributed by atoms with E-state index in [-0.39, 0.29) is 12.5 Å². The summed E-state index contributed by atoms with van der Waals surface area (Å²) in [4.78, 5) is 23.3. The lowest BCUT2D eigenvalue weighted by atomic mass is 10.1. The number of hydrogen-bond acceptors (Lipinski definition) is 5. The normalized spacial score (nSPS) is 13.3. The molecule has 3 aromatic rings. The van der Waals surface area contributed by atoms with Crippen LogP contribution in [-0.2, 0) is 13.1 Å². The van der Waals surface area contributed by atoms with Gasteiger partial charge in [0.1, 0.15) is 12.3 Å². The molecule has 0 unspecified atom stereocenters. The van der Waals surface area contributed by atoms with Gasteiger partial charge in [-0.2, -0.15) is 5.10 Å². The summed E-state index contributed by atoms with van der Waals surface area (Å²) in [7, 11) is 0. The Morgan fingerprint density at radius 1 is 1.24 bits per heavy atom. The number of fused-ring (bicyclic) bond motifs is 1. The van der Waals surface area contributed by atoms with Crippen LogP contribution in [0, 0.1) is 6.92 Å². The molecule has 3 aromatic heterocycles. The zero-order valence-corrected chi connectivity index (χ0v) is 16.0. The van der Waals surface area contributed by atoms with Crippen LogP contribution in [0.15, 0.2) is 36.9 Å². The van der Waals surface area contributed by atoms with Crippen molar-refractivity contribution in [2.75, 3.05) is 11.5 Å². The minimum atomic E-state index is -2.51. The van der Waals surface area contributed by atoms with Gasteiger partial charge in [0, 0.05) is 18.0 Å². The third-order valence-electron chi connectivity index (χ3n) is 4.63. The Bertz CT molecular complexity index is 1070. The van der Waals surface area contributed by atoms with Crippen molar-refractivity contribution in [3.8, 4) is 17.0 Å². The van der Waals surface area contributed by atoms with Crippen LogP contribution in [0.5, 0.6) is 5.75 Å². The molecular weight excluding hydrogens is 380 g/mol. The number of rotatable bonds is 6. The highest BCUT2D eigenvalue weighted by Crippen LogP contribution is 2.32. The molecule has 7 nitrogen and oxygen atoms in total. The van der Waals surface area contributed by atoms with E-state index in [9.17, 15) is 13.6 Å². The molecule has 0 atom stereocenters. The Morgan fingerprint density at radius 2 is 2.07 bits per heavy atom. The Morgan fingerprint density at radius 3 is 2.83 bits per heavy atom. The largest absolute Gasteiger partial charge is 0.492 e. The van der Waals surface area contributed by atoms with Crippen LogP contribution < -0.4 is 9.64 Å². The number of pyridine rings is 2. The van der Waals surface area contributed by atoms with Gasteiger partial charge in [0.05, 0.1) is 48.2 Å². The fourth-order valence-corrected chi connectivity index (χ4v) is 3.40. The Kier molecular flexibility index (Phi) is 4.96. The first-order valence-corrected chi connectivity index (χ1v) is 9.17. The fraction of sp³-hybridized carbons (Fsp3) is 0.300. The van der Waals surface area contributed by atoms with E-state index in [1.165, 1.54) is 17.3 Å². The highest BCUT2D eigenvalue weighted by Gasteiger charge is 2.32. The van der Waals surface area contributed by atoms with Crippen LogP contribution in [0.3, 0.4) is 0 Å². The third kappa shape index (κ3) is 3.67. The molecule has 1 aliphatic rings. The number of halogens is 2. The zero-order valence-electron chi connectivity index (χ0n) is 16.0. The number of anilines is 1. The lowest BCUT2D eigenvalue weighted by Crippen LogP contribution is -2.23. The van der Waals surface area contributed by atoms with Crippen LogP contribution >= 0.6 is 0 Å². The van der Waals surface area contributed by atoms with Gasteiger partial charge in [-0.05, 0) is 31.5 Å². The van der Waals surface area contributed by atoms with E-state index in [2.05, 4.69) is 15.1 Å². The molecule has 0 fully saturated rings. The average molecular weight is 399 g/mol. The van der Waals surface area contributed by atoms with Gasteiger partial charge in [-0.1, -0.05) is 0 Å². The van der Waals surface area contributed by atoms with Crippen molar-refractivity contribution in [1.82, 2.24) is 19.7 Å². The average Bonchev–Trinajstić information content (AvgIpc) is 3.26. The Balaban J connectivity index is 1.65. The lowest BCUT2D eigenvalue weighted by Gasteiger charge is -2.12. The smallest absolute Gasteiger partial charge is 0.260 e. The second-order valence-corrected chi connectivity index (χ2v) is 6.69. The number of aromatic nitrogens is 4. The van der Waals surface area contributed by atoms with Crippen molar-refractivity contribution in [2.24, 2.45) is 0 Å². The van der Waals surface area contributed by atoms with Gasteiger partial charge < -0.3 is 4.74 Å². The van der Waals surface area contributed by atoms with Crippen LogP contribution in [0.25, 0.3) is 11.3 Å². The summed E-state index contributed by atoms with van der Waals surface area (Å²) in [6.07, 6.45) is 3.68. The molecule has 0 aliphatic carbocycles. The minimum Gasteiger partial charge on any atom is -0.492 e. The van der Waals surface area contributed by atoms with Crippen molar-refractivity contribution in [1.29, 1.82) is 0 Å². The maximum atomic E-state index is 12.9. The predicted molar refractivity (Wildman–Crippen MR) is 102 cm³/mol. The first-order chi connectivity index (χ1) is 14.0. The first kappa shape index (κ1) is 19.0. The number of aryl methyl sites for hydroxylation is 1. The summed E-state index contributed by atoms with van der Waals surface area (Å²) in [5, 5.41) is 3.91. The van der Waals surface area contributed by atoms with Crippen molar-refractivity contribution in [3.05, 3.63) is 53.7 Å². The molecule has 29 heavy (non-hydrogen) atoms. The summed E-state index contributed by atoms with van der Waals surface area (Å²) in [6.45, 7) is 4.02. The predicted octanol–water partition coefficient (Wildman–Crippen LogP) is 3.47. The van der Waals surface area contributed by atoms with Crippen molar-refractivity contribution >= 4 is 11.6 Å². The monoisotopic (exact) mass is 399 g/mol. The second kappa shape index (κ2) is 7.57. The van der Waals surface area contributed by atoms with Crippen LogP contribution in [-0.4, -0.2) is 38.7 Å². The highest BCUT2D eigenvalue weighted by molar-refractivity contribution is 6.10. The zero-order chi connectivity index (χ0) is 20.5. The molecule has 4 heterocycles. The summed E-state index contributed by atoms with van der Waals surface area (Å²) in [6, 6.07) is 3.70. The molecule has 9 heteroatoms. The minimum absolute atomic E-state index is 0.214. The van der Waals surface area contributed by atoms with E-state index in [4.69, 9.17) is 4.74 Å². The molecule has 0 saturated heterocycles. The standard InChI is InChI=1S/C20H19F2N5O2/c1-3-29-15-5-13(6-23-8-15)16-4-12(2)19-17(25-16)10-27(20(19)28)14-7-24-26(9-14)11-18(21)22/h4-9,18H,3,10-11H2,1-2H3. The molecule has 4 rings (SSSR count). The van der Waals surface area contributed by atoms with Gasteiger partial charge in [-0.15, -0.1) is 0 Å². The summed E-state index contributed by atoms with van der Waals surface area (Å²) in [5.74, 6) is 0.434. The van der Waals surface area contributed by atoms with E-state index >= 15 is 0 Å². The van der Waals surface area contributed by atoms with Gasteiger partial charge in [0.15, 0.2) is 0 Å². The van der Waals surface area contributed by atoms with E-state index in [1.54, 1.807) is 12.4 Å². The van der Waals surface area contributed by atoms with Crippen LogP contribution in [0.1, 0.15) is 28.5 Å². The first-order valence-electron chi connectivity index (χ1n) is 9.17. The maximum Gasteiger partial charge on any atom is 0.260 e. The van der Waals surface area contributed by atoms with Crippen molar-refractivity contribution < 1.29 is 18.3 Å².